The molecule has 3 rings (SSSR count). The Bertz CT molecular complexity index is 671. The average Bonchev–Trinajstić information content (AvgIpc) is 3.39. The van der Waals surface area contributed by atoms with Crippen LogP contribution in [0.1, 0.15) is 31.2 Å². The Morgan fingerprint density at radius 1 is 1.17 bits per heavy atom. The molecule has 0 unspecified atom stereocenters. The molecule has 5 nitrogen and oxygen atoms in total. The first-order valence-corrected chi connectivity index (χ1v) is 8.25. The summed E-state index contributed by atoms with van der Waals surface area (Å²) in [5.41, 5.74) is 0.979. The number of carbonyl (C=O) groups is 2. The molecule has 23 heavy (non-hydrogen) atoms. The van der Waals surface area contributed by atoms with Gasteiger partial charge in [-0.2, -0.15) is 5.26 Å². The average molecular weight is 332 g/mol. The molecule has 1 aliphatic carbocycles. The minimum atomic E-state index is -0.0901. The van der Waals surface area contributed by atoms with Gasteiger partial charge in [0, 0.05) is 30.6 Å². The Morgan fingerprint density at radius 3 is 2.43 bits per heavy atom. The van der Waals surface area contributed by atoms with Gasteiger partial charge in [-0.25, -0.2) is 0 Å². The van der Waals surface area contributed by atoms with Gasteiger partial charge in [0.2, 0.25) is 11.8 Å². The number of piperidine rings is 1. The molecular weight excluding hydrogens is 314 g/mol. The quantitative estimate of drug-likeness (QED) is 0.925. The van der Waals surface area contributed by atoms with Crippen LogP contribution in [0.15, 0.2) is 18.2 Å². The summed E-state index contributed by atoms with van der Waals surface area (Å²) in [6.07, 6.45) is 3.40. The molecule has 1 aliphatic heterocycles. The van der Waals surface area contributed by atoms with Gasteiger partial charge in [-0.3, -0.25) is 9.59 Å². The third kappa shape index (κ3) is 3.65. The van der Waals surface area contributed by atoms with Gasteiger partial charge in [-0.1, -0.05) is 11.6 Å². The van der Waals surface area contributed by atoms with Crippen LogP contribution in [0.5, 0.6) is 0 Å². The Hall–Kier alpha value is -2.06. The number of nitrogens with zero attached hydrogens (tertiary/aromatic N) is 2. The number of likely N-dealkylation sites (tertiary alicyclic amines) is 1. The van der Waals surface area contributed by atoms with E-state index in [0.717, 1.165) is 12.8 Å². The molecule has 0 spiro atoms. The predicted octanol–water partition coefficient (Wildman–Crippen LogP) is 2.80. The van der Waals surface area contributed by atoms with Crippen molar-refractivity contribution in [2.24, 2.45) is 11.8 Å². The molecule has 0 bridgehead atoms. The van der Waals surface area contributed by atoms with Crippen LogP contribution in [0.3, 0.4) is 0 Å². The van der Waals surface area contributed by atoms with Gasteiger partial charge in [0.25, 0.3) is 0 Å². The van der Waals surface area contributed by atoms with Crippen molar-refractivity contribution in [1.82, 2.24) is 4.90 Å². The number of halogens is 1. The zero-order valence-electron chi connectivity index (χ0n) is 12.7. The Labute approximate surface area is 140 Å². The van der Waals surface area contributed by atoms with Gasteiger partial charge in [0.15, 0.2) is 0 Å². The van der Waals surface area contributed by atoms with Crippen molar-refractivity contribution in [3.63, 3.8) is 0 Å². The van der Waals surface area contributed by atoms with E-state index < -0.39 is 0 Å². The number of nitrogens with one attached hydrogen (secondary N) is 1. The van der Waals surface area contributed by atoms with Gasteiger partial charge < -0.3 is 10.2 Å². The summed E-state index contributed by atoms with van der Waals surface area (Å²) >= 11 is 5.97. The summed E-state index contributed by atoms with van der Waals surface area (Å²) in [6.45, 7) is 1.31. The van der Waals surface area contributed by atoms with E-state index in [1.165, 1.54) is 0 Å². The minimum Gasteiger partial charge on any atom is -0.342 e. The largest absolute Gasteiger partial charge is 0.342 e. The van der Waals surface area contributed by atoms with E-state index in [2.05, 4.69) is 5.32 Å². The lowest BCUT2D eigenvalue weighted by atomic mass is 9.95. The molecule has 0 atom stereocenters. The summed E-state index contributed by atoms with van der Waals surface area (Å²) in [5.74, 6) is 0.348. The molecule has 2 aliphatic rings. The number of hydrogen-bond donors (Lipinski definition) is 1. The van der Waals surface area contributed by atoms with E-state index in [-0.39, 0.29) is 23.7 Å². The van der Waals surface area contributed by atoms with E-state index in [0.29, 0.717) is 42.2 Å². The molecular formula is C17H18ClN3O2. The van der Waals surface area contributed by atoms with Gasteiger partial charge in [-0.15, -0.1) is 0 Å². The van der Waals surface area contributed by atoms with Gasteiger partial charge in [-0.05, 0) is 43.9 Å². The molecule has 1 N–H and O–H groups in total. The topological polar surface area (TPSA) is 73.2 Å². The highest BCUT2D eigenvalue weighted by Gasteiger charge is 2.35. The Balaban J connectivity index is 1.54. The van der Waals surface area contributed by atoms with E-state index >= 15 is 0 Å². The highest BCUT2D eigenvalue weighted by atomic mass is 35.5. The first-order valence-electron chi connectivity index (χ1n) is 7.88. The Kier molecular flexibility index (Phi) is 4.53. The number of anilines is 1. The molecule has 1 saturated heterocycles. The SMILES string of the molecule is N#Cc1ccc(NC(=O)C2CCN(C(=O)C3CC3)CC2)cc1Cl. The minimum absolute atomic E-state index is 0.0516. The maximum atomic E-state index is 12.3. The van der Waals surface area contributed by atoms with Crippen molar-refractivity contribution in [2.75, 3.05) is 18.4 Å². The fourth-order valence-corrected chi connectivity index (χ4v) is 3.10. The summed E-state index contributed by atoms with van der Waals surface area (Å²) in [4.78, 5) is 26.2. The summed E-state index contributed by atoms with van der Waals surface area (Å²) in [7, 11) is 0. The van der Waals surface area contributed by atoms with E-state index in [1.807, 2.05) is 11.0 Å². The molecule has 1 saturated carbocycles. The standard InChI is InChI=1S/C17H18ClN3O2/c18-15-9-14(4-3-13(15)10-19)20-16(22)11-5-7-21(8-6-11)17(23)12-1-2-12/h3-4,9,11-12H,1-2,5-8H2,(H,20,22). The van der Waals surface area contributed by atoms with Crippen molar-refractivity contribution in [1.29, 1.82) is 5.26 Å². The lowest BCUT2D eigenvalue weighted by molar-refractivity contribution is -0.135. The highest BCUT2D eigenvalue weighted by Crippen LogP contribution is 2.32. The van der Waals surface area contributed by atoms with Crippen molar-refractivity contribution in [3.05, 3.63) is 28.8 Å². The van der Waals surface area contributed by atoms with Crippen molar-refractivity contribution < 1.29 is 9.59 Å². The second-order valence-corrected chi connectivity index (χ2v) is 6.58. The van der Waals surface area contributed by atoms with E-state index in [4.69, 9.17) is 16.9 Å². The van der Waals surface area contributed by atoms with E-state index in [9.17, 15) is 9.59 Å². The molecule has 2 amide bonds. The lowest BCUT2D eigenvalue weighted by Gasteiger charge is -2.31. The number of carbonyl (C=O) groups excluding carboxylic acids is 2. The molecule has 6 heteroatoms. The van der Waals surface area contributed by atoms with Gasteiger partial charge >= 0.3 is 0 Å². The molecule has 2 fully saturated rings. The third-order valence-electron chi connectivity index (χ3n) is 4.46. The number of rotatable bonds is 3. The summed E-state index contributed by atoms with van der Waals surface area (Å²) in [5, 5.41) is 12.0. The molecule has 0 aromatic heterocycles. The lowest BCUT2D eigenvalue weighted by Crippen LogP contribution is -2.42. The monoisotopic (exact) mass is 331 g/mol. The fourth-order valence-electron chi connectivity index (χ4n) is 2.88. The van der Waals surface area contributed by atoms with Crippen molar-refractivity contribution in [3.8, 4) is 6.07 Å². The maximum Gasteiger partial charge on any atom is 0.227 e. The third-order valence-corrected chi connectivity index (χ3v) is 4.77. The smallest absolute Gasteiger partial charge is 0.227 e. The Morgan fingerprint density at radius 2 is 1.87 bits per heavy atom. The maximum absolute atomic E-state index is 12.3. The first kappa shape index (κ1) is 15.8. The number of hydrogen-bond acceptors (Lipinski definition) is 3. The number of nitriles is 1. The zero-order valence-corrected chi connectivity index (χ0v) is 13.5. The zero-order chi connectivity index (χ0) is 16.4. The molecule has 1 aromatic rings. The van der Waals surface area contributed by atoms with Crippen LogP contribution in [-0.4, -0.2) is 29.8 Å². The van der Waals surface area contributed by atoms with Crippen LogP contribution < -0.4 is 5.32 Å². The molecule has 0 radical (unpaired) electrons. The van der Waals surface area contributed by atoms with Crippen molar-refractivity contribution >= 4 is 29.1 Å². The second-order valence-electron chi connectivity index (χ2n) is 6.17. The van der Waals surface area contributed by atoms with Crippen LogP contribution in [0.2, 0.25) is 5.02 Å². The molecule has 1 heterocycles. The molecule has 120 valence electrons. The van der Waals surface area contributed by atoms with Crippen molar-refractivity contribution in [2.45, 2.75) is 25.7 Å². The summed E-state index contributed by atoms with van der Waals surface area (Å²) in [6, 6.07) is 6.84. The van der Waals surface area contributed by atoms with Crippen LogP contribution in [0.4, 0.5) is 5.69 Å². The van der Waals surface area contributed by atoms with E-state index in [1.54, 1.807) is 18.2 Å². The van der Waals surface area contributed by atoms with Gasteiger partial charge in [0.1, 0.15) is 6.07 Å². The van der Waals surface area contributed by atoms with Gasteiger partial charge in [0.05, 0.1) is 10.6 Å². The number of amides is 2. The normalized spacial score (nSPS) is 18.3. The predicted molar refractivity (Wildman–Crippen MR) is 86.8 cm³/mol. The van der Waals surface area contributed by atoms with Crippen LogP contribution in [0, 0.1) is 23.2 Å². The van der Waals surface area contributed by atoms with Crippen LogP contribution in [0.25, 0.3) is 0 Å². The highest BCUT2D eigenvalue weighted by molar-refractivity contribution is 6.32. The van der Waals surface area contributed by atoms with Crippen LogP contribution >= 0.6 is 11.6 Å². The summed E-state index contributed by atoms with van der Waals surface area (Å²) < 4.78 is 0. The molecule has 1 aromatic carbocycles. The van der Waals surface area contributed by atoms with Crippen LogP contribution in [-0.2, 0) is 9.59 Å². The number of benzene rings is 1. The second kappa shape index (κ2) is 6.59. The first-order chi connectivity index (χ1) is 11.1. The fraction of sp³-hybridized carbons (Fsp3) is 0.471.